The zero-order chi connectivity index (χ0) is 8.53. The van der Waals surface area contributed by atoms with Crippen LogP contribution in [0.2, 0.25) is 0 Å². The van der Waals surface area contributed by atoms with E-state index in [1.54, 1.807) is 0 Å². The Morgan fingerprint density at radius 2 is 1.75 bits per heavy atom. The van der Waals surface area contributed by atoms with Crippen LogP contribution in [0.4, 0.5) is 0 Å². The second-order valence-corrected chi connectivity index (χ2v) is 2.04. The number of nitrogens with one attached hydrogen (secondary N) is 2. The molecule has 12 heavy (non-hydrogen) atoms. The van der Waals surface area contributed by atoms with Crippen molar-refractivity contribution in [3.8, 4) is 0 Å². The molecular weight excluding hydrogens is 171 g/mol. The third-order valence-electron chi connectivity index (χ3n) is 1.04. The van der Waals surface area contributed by atoms with Crippen LogP contribution in [-0.2, 0) is 4.79 Å². The molecule has 0 bridgehead atoms. The predicted molar refractivity (Wildman–Crippen MR) is 47.6 cm³/mol. The molecule has 6 heteroatoms. The fraction of sp³-hybridized carbons (Fsp3) is 0.833. The van der Waals surface area contributed by atoms with Gasteiger partial charge in [0.25, 0.3) is 0 Å². The summed E-state index contributed by atoms with van der Waals surface area (Å²) in [6.07, 6.45) is 0. The third kappa shape index (κ3) is 13.0. The molecule has 0 heterocycles. The van der Waals surface area contributed by atoms with Crippen LogP contribution in [-0.4, -0.2) is 78.5 Å². The molecule has 0 aromatic carbocycles. The first kappa shape index (κ1) is 14.9. The van der Waals surface area contributed by atoms with Crippen LogP contribution in [0.25, 0.3) is 0 Å². The van der Waals surface area contributed by atoms with Crippen molar-refractivity contribution in [2.24, 2.45) is 0 Å². The summed E-state index contributed by atoms with van der Waals surface area (Å²) in [7, 11) is 0. The maximum atomic E-state index is 9.97. The average Bonchev–Trinajstić information content (AvgIpc) is 1.96. The van der Waals surface area contributed by atoms with Gasteiger partial charge < -0.3 is 20.8 Å². The molecule has 68 valence electrons. The van der Waals surface area contributed by atoms with Gasteiger partial charge in [0, 0.05) is 19.6 Å². The van der Waals surface area contributed by atoms with Crippen LogP contribution in [0.3, 0.4) is 0 Å². The molecule has 5 nitrogen and oxygen atoms in total. The molecule has 0 aromatic rings. The maximum absolute atomic E-state index is 9.97. The molecule has 0 aliphatic heterocycles. The number of hydrogen-bond donors (Lipinski definition) is 4. The molecule has 0 aliphatic rings. The van der Waals surface area contributed by atoms with Crippen LogP contribution in [0, 0.1) is 0 Å². The Morgan fingerprint density at radius 3 is 2.25 bits per heavy atom. The van der Waals surface area contributed by atoms with Gasteiger partial charge in [-0.1, -0.05) is 0 Å². The normalized spacial score (nSPS) is 9.08. The molecule has 0 radical (unpaired) electrons. The number of carboxylic acids is 1. The van der Waals surface area contributed by atoms with Crippen molar-refractivity contribution in [1.29, 1.82) is 0 Å². The Labute approximate surface area is 93.8 Å². The van der Waals surface area contributed by atoms with Crippen molar-refractivity contribution in [1.82, 2.24) is 10.6 Å². The third-order valence-corrected chi connectivity index (χ3v) is 1.04. The Balaban J connectivity index is 0. The minimum absolute atomic E-state index is 0. The fourth-order valence-corrected chi connectivity index (χ4v) is 0.576. The summed E-state index contributed by atoms with van der Waals surface area (Å²) in [4.78, 5) is 9.97. The van der Waals surface area contributed by atoms with Gasteiger partial charge in [-0.05, 0) is 0 Å². The topological polar surface area (TPSA) is 81.6 Å². The molecule has 0 aliphatic carbocycles. The van der Waals surface area contributed by atoms with Crippen molar-refractivity contribution in [2.45, 2.75) is 0 Å². The first-order valence-corrected chi connectivity index (χ1v) is 3.51. The Bertz CT molecular complexity index is 113. The number of aliphatic hydroxyl groups is 1. The van der Waals surface area contributed by atoms with Crippen LogP contribution in [0.15, 0.2) is 0 Å². The van der Waals surface area contributed by atoms with E-state index in [-0.39, 0.29) is 42.7 Å². The molecule has 0 spiro atoms. The molecule has 0 rings (SSSR count). The number of hydrogen-bond acceptors (Lipinski definition) is 4. The summed E-state index contributed by atoms with van der Waals surface area (Å²) < 4.78 is 0. The van der Waals surface area contributed by atoms with Crippen molar-refractivity contribution in [2.75, 3.05) is 32.8 Å². The van der Waals surface area contributed by atoms with Crippen LogP contribution >= 0.6 is 0 Å². The van der Waals surface area contributed by atoms with E-state index in [9.17, 15) is 4.79 Å². The van der Waals surface area contributed by atoms with E-state index in [4.69, 9.17) is 10.2 Å². The summed E-state index contributed by atoms with van der Waals surface area (Å²) >= 11 is 0. The fourth-order valence-electron chi connectivity index (χ4n) is 0.576. The summed E-state index contributed by atoms with van der Waals surface area (Å²) in [5.74, 6) is -0.854. The van der Waals surface area contributed by atoms with Crippen LogP contribution in [0.5, 0.6) is 0 Å². The monoisotopic (exact) mass is 186 g/mol. The summed E-state index contributed by atoms with van der Waals surface area (Å²) in [5, 5.41) is 22.1. The van der Waals surface area contributed by atoms with Gasteiger partial charge in [0.15, 0.2) is 0 Å². The van der Waals surface area contributed by atoms with Gasteiger partial charge in [0.2, 0.25) is 0 Å². The van der Waals surface area contributed by atoms with Gasteiger partial charge in [-0.3, -0.25) is 4.79 Å². The van der Waals surface area contributed by atoms with Crippen molar-refractivity contribution in [3.63, 3.8) is 0 Å². The van der Waals surface area contributed by atoms with E-state index >= 15 is 0 Å². The molecule has 0 fully saturated rings. The van der Waals surface area contributed by atoms with Gasteiger partial charge in [-0.15, -0.1) is 0 Å². The van der Waals surface area contributed by atoms with Gasteiger partial charge in [-0.2, -0.15) is 0 Å². The number of aliphatic hydroxyl groups excluding tert-OH is 1. The molecule has 0 atom stereocenters. The van der Waals surface area contributed by atoms with E-state index < -0.39 is 5.97 Å². The quantitative estimate of drug-likeness (QED) is 0.263. The van der Waals surface area contributed by atoms with Crippen molar-refractivity contribution < 1.29 is 15.0 Å². The molecule has 4 N–H and O–H groups in total. The van der Waals surface area contributed by atoms with Crippen molar-refractivity contribution in [3.05, 3.63) is 0 Å². The standard InChI is InChI=1S/C6H14N2O3.Na.H/c9-4-3-7-1-2-8-5-6(10)11;;/h7-9H,1-5H2,(H,10,11);;. The van der Waals surface area contributed by atoms with E-state index in [1.807, 2.05) is 0 Å². The van der Waals surface area contributed by atoms with E-state index in [0.29, 0.717) is 19.6 Å². The van der Waals surface area contributed by atoms with Crippen LogP contribution < -0.4 is 10.6 Å². The number of carbonyl (C=O) groups is 1. The van der Waals surface area contributed by atoms with Gasteiger partial charge >= 0.3 is 35.5 Å². The predicted octanol–water partition coefficient (Wildman–Crippen LogP) is -2.41. The minimum atomic E-state index is -0.854. The number of carboxylic acid groups (broad SMARTS) is 1. The SMILES string of the molecule is O=C(O)CNCCNCCO.[NaH]. The van der Waals surface area contributed by atoms with E-state index in [1.165, 1.54) is 0 Å². The molecule has 0 amide bonds. The summed E-state index contributed by atoms with van der Waals surface area (Å²) in [5.41, 5.74) is 0. The molecule has 0 saturated heterocycles. The Kier molecular flexibility index (Phi) is 14.0. The van der Waals surface area contributed by atoms with Crippen LogP contribution in [0.1, 0.15) is 0 Å². The zero-order valence-electron chi connectivity index (χ0n) is 6.34. The Hall–Kier alpha value is 0.350. The first-order chi connectivity index (χ1) is 5.27. The van der Waals surface area contributed by atoms with Gasteiger partial charge in [0.05, 0.1) is 13.2 Å². The van der Waals surface area contributed by atoms with E-state index in [2.05, 4.69) is 10.6 Å². The second-order valence-electron chi connectivity index (χ2n) is 2.04. The molecule has 0 aromatic heterocycles. The molecular formula is C6H15N2NaO3. The summed E-state index contributed by atoms with van der Waals surface area (Å²) in [6, 6.07) is 0. The Morgan fingerprint density at radius 1 is 1.17 bits per heavy atom. The molecule has 0 unspecified atom stereocenters. The average molecular weight is 186 g/mol. The zero-order valence-corrected chi connectivity index (χ0v) is 6.34. The van der Waals surface area contributed by atoms with Crippen molar-refractivity contribution >= 4 is 35.5 Å². The number of aliphatic carboxylic acids is 1. The van der Waals surface area contributed by atoms with Gasteiger partial charge in [0.1, 0.15) is 0 Å². The first-order valence-electron chi connectivity index (χ1n) is 3.51. The van der Waals surface area contributed by atoms with Gasteiger partial charge in [-0.25, -0.2) is 0 Å². The molecule has 0 saturated carbocycles. The second kappa shape index (κ2) is 11.4. The number of rotatable bonds is 7. The summed E-state index contributed by atoms with van der Waals surface area (Å²) in [6.45, 7) is 1.93. The van der Waals surface area contributed by atoms with E-state index in [0.717, 1.165) is 0 Å².